The van der Waals surface area contributed by atoms with Crippen LogP contribution in [0.2, 0.25) is 10.0 Å². The molecule has 20 heavy (non-hydrogen) atoms. The van der Waals surface area contributed by atoms with Gasteiger partial charge in [0.2, 0.25) is 0 Å². The molecule has 0 saturated heterocycles. The fourth-order valence-corrected chi connectivity index (χ4v) is 2.62. The van der Waals surface area contributed by atoms with E-state index in [1.807, 2.05) is 32.8 Å². The van der Waals surface area contributed by atoms with Crippen LogP contribution >= 0.6 is 23.2 Å². The average Bonchev–Trinajstić information content (AvgIpc) is 2.33. The number of benzene rings is 1. The van der Waals surface area contributed by atoms with Gasteiger partial charge in [-0.3, -0.25) is 4.79 Å². The first-order valence-electron chi connectivity index (χ1n) is 6.48. The quantitative estimate of drug-likeness (QED) is 0.849. The van der Waals surface area contributed by atoms with Gasteiger partial charge in [-0.2, -0.15) is 0 Å². The van der Waals surface area contributed by atoms with Crippen molar-refractivity contribution in [3.05, 3.63) is 27.7 Å². The monoisotopic (exact) mass is 317 g/mol. The molecule has 1 amide bonds. The maximum Gasteiger partial charge on any atom is 0.255 e. The van der Waals surface area contributed by atoms with E-state index in [1.165, 1.54) is 0 Å². The molecule has 0 spiro atoms. The fraction of sp³-hybridized carbons (Fsp3) is 0.500. The number of nitrogens with zero attached hydrogens (tertiary/aromatic N) is 2. The third-order valence-corrected chi connectivity index (χ3v) is 3.85. The summed E-state index contributed by atoms with van der Waals surface area (Å²) in [6, 6.07) is 3.18. The molecule has 4 nitrogen and oxygen atoms in total. The second kappa shape index (κ2) is 7.16. The van der Waals surface area contributed by atoms with Crippen LogP contribution in [0.1, 0.15) is 24.2 Å². The van der Waals surface area contributed by atoms with Crippen LogP contribution < -0.4 is 5.73 Å². The van der Waals surface area contributed by atoms with Crippen LogP contribution in [0.4, 0.5) is 5.69 Å². The number of hydrogen-bond donors (Lipinski definition) is 1. The molecule has 112 valence electrons. The van der Waals surface area contributed by atoms with Crippen LogP contribution in [-0.2, 0) is 0 Å². The maximum absolute atomic E-state index is 12.6. The summed E-state index contributed by atoms with van der Waals surface area (Å²) in [4.78, 5) is 16.4. The lowest BCUT2D eigenvalue weighted by Gasteiger charge is -2.30. The molecule has 6 heteroatoms. The van der Waals surface area contributed by atoms with E-state index < -0.39 is 0 Å². The molecular formula is C14H21Cl2N3O. The SMILES string of the molecule is CCN(C(=O)c1cc(N)cc(Cl)c1Cl)C(C)CN(C)C. The van der Waals surface area contributed by atoms with Crippen molar-refractivity contribution in [2.45, 2.75) is 19.9 Å². The number of hydrogen-bond acceptors (Lipinski definition) is 3. The predicted octanol–water partition coefficient (Wildman–Crippen LogP) is 2.99. The van der Waals surface area contributed by atoms with Crippen molar-refractivity contribution >= 4 is 34.8 Å². The number of anilines is 1. The fourth-order valence-electron chi connectivity index (χ4n) is 2.20. The van der Waals surface area contributed by atoms with Gasteiger partial charge >= 0.3 is 0 Å². The van der Waals surface area contributed by atoms with Gasteiger partial charge in [0, 0.05) is 24.8 Å². The number of likely N-dealkylation sites (N-methyl/N-ethyl adjacent to an activating group) is 2. The first kappa shape index (κ1) is 17.1. The van der Waals surface area contributed by atoms with Gasteiger partial charge in [-0.15, -0.1) is 0 Å². The molecule has 2 N–H and O–H groups in total. The highest BCUT2D eigenvalue weighted by Crippen LogP contribution is 2.30. The lowest BCUT2D eigenvalue weighted by Crippen LogP contribution is -2.43. The van der Waals surface area contributed by atoms with E-state index in [1.54, 1.807) is 17.0 Å². The van der Waals surface area contributed by atoms with E-state index in [0.717, 1.165) is 6.54 Å². The zero-order valence-corrected chi connectivity index (χ0v) is 13.8. The molecule has 0 saturated carbocycles. The Bertz CT molecular complexity index is 492. The Labute approximate surface area is 130 Å². The lowest BCUT2D eigenvalue weighted by molar-refractivity contribution is 0.0679. The summed E-state index contributed by atoms with van der Waals surface area (Å²) >= 11 is 12.1. The molecular weight excluding hydrogens is 297 g/mol. The Balaban J connectivity index is 3.08. The maximum atomic E-state index is 12.6. The molecule has 1 rings (SSSR count). The van der Waals surface area contributed by atoms with E-state index in [0.29, 0.717) is 22.8 Å². The molecule has 1 unspecified atom stereocenters. The first-order chi connectivity index (χ1) is 9.27. The van der Waals surface area contributed by atoms with Crippen LogP contribution in [0, 0.1) is 0 Å². The van der Waals surface area contributed by atoms with Crippen LogP contribution in [0.3, 0.4) is 0 Å². The van der Waals surface area contributed by atoms with Gasteiger partial charge in [0.05, 0.1) is 15.6 Å². The van der Waals surface area contributed by atoms with Crippen molar-refractivity contribution in [3.63, 3.8) is 0 Å². The van der Waals surface area contributed by atoms with Crippen molar-refractivity contribution in [2.75, 3.05) is 32.9 Å². The van der Waals surface area contributed by atoms with E-state index >= 15 is 0 Å². The number of nitrogens with two attached hydrogens (primary N) is 1. The highest BCUT2D eigenvalue weighted by Gasteiger charge is 2.23. The molecule has 0 heterocycles. The Kier molecular flexibility index (Phi) is 6.11. The number of nitrogen functional groups attached to an aromatic ring is 1. The summed E-state index contributed by atoms with van der Waals surface area (Å²) in [5.74, 6) is -0.152. The van der Waals surface area contributed by atoms with Gasteiger partial charge in [0.15, 0.2) is 0 Å². The Morgan fingerprint density at radius 3 is 2.45 bits per heavy atom. The molecule has 1 aromatic carbocycles. The van der Waals surface area contributed by atoms with Gasteiger partial charge in [-0.05, 0) is 40.1 Å². The molecule has 1 aromatic rings. The summed E-state index contributed by atoms with van der Waals surface area (Å²) in [7, 11) is 3.94. The first-order valence-corrected chi connectivity index (χ1v) is 7.23. The number of carbonyl (C=O) groups excluding carboxylic acids is 1. The summed E-state index contributed by atoms with van der Waals surface area (Å²) in [5.41, 5.74) is 6.52. The average molecular weight is 318 g/mol. The standard InChI is InChI=1S/C14H21Cl2N3O/c1-5-19(9(2)8-18(3)4)14(20)11-6-10(17)7-12(15)13(11)16/h6-7,9H,5,8,17H2,1-4H3. The normalized spacial score (nSPS) is 12.6. The minimum Gasteiger partial charge on any atom is -0.399 e. The highest BCUT2D eigenvalue weighted by atomic mass is 35.5. The van der Waals surface area contributed by atoms with Gasteiger partial charge in [0.1, 0.15) is 0 Å². The molecule has 0 fully saturated rings. The van der Waals surface area contributed by atoms with E-state index in [-0.39, 0.29) is 17.0 Å². The Morgan fingerprint density at radius 2 is 1.95 bits per heavy atom. The second-order valence-corrected chi connectivity index (χ2v) is 5.85. The molecule has 0 aliphatic rings. The van der Waals surface area contributed by atoms with E-state index in [9.17, 15) is 4.79 Å². The second-order valence-electron chi connectivity index (χ2n) is 5.07. The zero-order valence-electron chi connectivity index (χ0n) is 12.3. The van der Waals surface area contributed by atoms with Gasteiger partial charge < -0.3 is 15.5 Å². The van der Waals surface area contributed by atoms with Crippen LogP contribution in [0.15, 0.2) is 12.1 Å². The molecule has 1 atom stereocenters. The molecule has 0 aliphatic carbocycles. The van der Waals surface area contributed by atoms with Crippen molar-refractivity contribution in [2.24, 2.45) is 0 Å². The molecule has 0 aromatic heterocycles. The predicted molar refractivity (Wildman–Crippen MR) is 85.6 cm³/mol. The number of halogens is 2. The molecule has 0 bridgehead atoms. The minimum absolute atomic E-state index is 0.0683. The van der Waals surface area contributed by atoms with Gasteiger partial charge in [-0.1, -0.05) is 23.2 Å². The summed E-state index contributed by atoms with van der Waals surface area (Å²) in [6.07, 6.45) is 0. The third kappa shape index (κ3) is 4.01. The van der Waals surface area contributed by atoms with Crippen molar-refractivity contribution in [1.82, 2.24) is 9.80 Å². The number of amides is 1. The summed E-state index contributed by atoms with van der Waals surface area (Å²) in [6.45, 7) is 5.30. The molecule has 0 radical (unpaired) electrons. The van der Waals surface area contributed by atoms with Gasteiger partial charge in [0.25, 0.3) is 5.91 Å². The van der Waals surface area contributed by atoms with E-state index in [2.05, 4.69) is 0 Å². The summed E-state index contributed by atoms with van der Waals surface area (Å²) in [5, 5.41) is 0.549. The highest BCUT2D eigenvalue weighted by molar-refractivity contribution is 6.44. The lowest BCUT2D eigenvalue weighted by atomic mass is 10.1. The van der Waals surface area contributed by atoms with E-state index in [4.69, 9.17) is 28.9 Å². The largest absolute Gasteiger partial charge is 0.399 e. The Hall–Kier alpha value is -0.970. The minimum atomic E-state index is -0.152. The van der Waals surface area contributed by atoms with Crippen molar-refractivity contribution in [1.29, 1.82) is 0 Å². The van der Waals surface area contributed by atoms with Crippen molar-refractivity contribution < 1.29 is 4.79 Å². The van der Waals surface area contributed by atoms with Crippen LogP contribution in [-0.4, -0.2) is 48.9 Å². The summed E-state index contributed by atoms with van der Waals surface area (Å²) < 4.78 is 0. The van der Waals surface area contributed by atoms with Crippen LogP contribution in [0.5, 0.6) is 0 Å². The van der Waals surface area contributed by atoms with Crippen molar-refractivity contribution in [3.8, 4) is 0 Å². The number of rotatable bonds is 5. The van der Waals surface area contributed by atoms with Gasteiger partial charge in [-0.25, -0.2) is 0 Å². The third-order valence-electron chi connectivity index (χ3n) is 3.04. The Morgan fingerprint density at radius 1 is 1.35 bits per heavy atom. The number of carbonyl (C=O) groups is 1. The topological polar surface area (TPSA) is 49.6 Å². The van der Waals surface area contributed by atoms with Crippen LogP contribution in [0.25, 0.3) is 0 Å². The molecule has 0 aliphatic heterocycles. The smallest absolute Gasteiger partial charge is 0.255 e. The zero-order chi connectivity index (χ0) is 15.4.